The van der Waals surface area contributed by atoms with Crippen LogP contribution in [0.5, 0.6) is 0 Å². The number of rotatable bonds is 8. The summed E-state index contributed by atoms with van der Waals surface area (Å²) in [5, 5.41) is 14.7. The summed E-state index contributed by atoms with van der Waals surface area (Å²) in [5.74, 6) is -6.26. The fourth-order valence-electron chi connectivity index (χ4n) is 5.67. The van der Waals surface area contributed by atoms with Crippen LogP contribution < -0.4 is 5.32 Å². The zero-order valence-electron chi connectivity index (χ0n) is 20.3. The topological polar surface area (TPSA) is 98.2 Å². The highest BCUT2D eigenvalue weighted by Crippen LogP contribution is 2.56. The van der Waals surface area contributed by atoms with E-state index in [-0.39, 0.29) is 49.6 Å². The lowest BCUT2D eigenvalue weighted by Crippen LogP contribution is -2.37. The van der Waals surface area contributed by atoms with Crippen molar-refractivity contribution >= 4 is 11.6 Å². The molecule has 0 spiro atoms. The first kappa shape index (κ1) is 24.3. The molecule has 3 atom stereocenters. The fraction of sp³-hybridized carbons (Fsp3) is 0.640. The number of amides is 1. The quantitative estimate of drug-likeness (QED) is 0.407. The standard InChI is InChI=1S/C25H28F4N6O2/c1-13-21(34-37-33-13)23(36)32-22(15-4-6-24(26,27)7-5-15)19-12-35-20(31-19)8-16(11-30-35)18(14-2-3-14)9-17-10-25(17,28)29/h8,11-12,14-15,17-18,22H,2-7,9-10H2,1H3,(H,32,36)/t17-,18-,22+/m1/s1. The van der Waals surface area contributed by atoms with Gasteiger partial charge in [-0.1, -0.05) is 5.16 Å². The molecular weight excluding hydrogens is 492 g/mol. The molecule has 0 saturated heterocycles. The molecule has 0 aliphatic heterocycles. The van der Waals surface area contributed by atoms with Gasteiger partial charge in [0.2, 0.25) is 5.92 Å². The van der Waals surface area contributed by atoms with Gasteiger partial charge in [-0.05, 0) is 73.6 Å². The molecule has 3 heterocycles. The third-order valence-corrected chi connectivity index (χ3v) is 8.18. The van der Waals surface area contributed by atoms with Gasteiger partial charge in [-0.2, -0.15) is 5.10 Å². The Morgan fingerprint density at radius 1 is 1.16 bits per heavy atom. The van der Waals surface area contributed by atoms with Crippen LogP contribution in [0.1, 0.15) is 90.8 Å². The highest BCUT2D eigenvalue weighted by molar-refractivity contribution is 5.93. The van der Waals surface area contributed by atoms with Crippen molar-refractivity contribution < 1.29 is 27.0 Å². The van der Waals surface area contributed by atoms with Crippen LogP contribution in [0.25, 0.3) is 5.65 Å². The molecule has 0 aromatic carbocycles. The maximum absolute atomic E-state index is 13.9. The minimum atomic E-state index is -2.72. The van der Waals surface area contributed by atoms with E-state index >= 15 is 0 Å². The number of aryl methyl sites for hydroxylation is 1. The largest absolute Gasteiger partial charge is 0.342 e. The molecular formula is C25H28F4N6O2. The Morgan fingerprint density at radius 2 is 1.89 bits per heavy atom. The summed E-state index contributed by atoms with van der Waals surface area (Å²) in [7, 11) is 0. The third kappa shape index (κ3) is 4.94. The molecule has 3 fully saturated rings. The van der Waals surface area contributed by atoms with E-state index in [0.717, 1.165) is 18.4 Å². The van der Waals surface area contributed by atoms with Gasteiger partial charge in [0.25, 0.3) is 11.8 Å². The molecule has 12 heteroatoms. The molecule has 8 nitrogen and oxygen atoms in total. The van der Waals surface area contributed by atoms with Crippen molar-refractivity contribution in [3.8, 4) is 0 Å². The predicted molar refractivity (Wildman–Crippen MR) is 122 cm³/mol. The highest BCUT2D eigenvalue weighted by atomic mass is 19.3. The number of carbonyl (C=O) groups excluding carboxylic acids is 1. The molecule has 3 aromatic heterocycles. The van der Waals surface area contributed by atoms with Crippen molar-refractivity contribution in [3.05, 3.63) is 41.1 Å². The van der Waals surface area contributed by atoms with Crippen LogP contribution in [-0.2, 0) is 0 Å². The SMILES string of the molecule is Cc1nonc1C(=O)N[C@H](c1cn2ncc([C@H](C[C@@H]3CC3(F)F)C3CC3)cc2n1)C1CCC(F)(F)CC1. The van der Waals surface area contributed by atoms with E-state index < -0.39 is 29.7 Å². The number of fused-ring (bicyclic) bond motifs is 1. The van der Waals surface area contributed by atoms with Crippen LogP contribution in [0.2, 0.25) is 0 Å². The Bertz CT molecular complexity index is 1310. The van der Waals surface area contributed by atoms with E-state index in [2.05, 4.69) is 25.4 Å². The van der Waals surface area contributed by atoms with E-state index in [9.17, 15) is 22.4 Å². The number of carbonyl (C=O) groups is 1. The van der Waals surface area contributed by atoms with Crippen LogP contribution in [-0.4, -0.2) is 42.7 Å². The van der Waals surface area contributed by atoms with E-state index in [0.29, 0.717) is 29.4 Å². The second-order valence-electron chi connectivity index (χ2n) is 10.9. The van der Waals surface area contributed by atoms with Gasteiger partial charge < -0.3 is 5.32 Å². The Labute approximate surface area is 210 Å². The summed E-state index contributed by atoms with van der Waals surface area (Å²) in [6, 6.07) is 1.23. The lowest BCUT2D eigenvalue weighted by Gasteiger charge is -2.33. The van der Waals surface area contributed by atoms with Gasteiger partial charge in [-0.15, -0.1) is 0 Å². The molecule has 6 rings (SSSR count). The highest BCUT2D eigenvalue weighted by Gasteiger charge is 2.57. The fourth-order valence-corrected chi connectivity index (χ4v) is 5.67. The second-order valence-corrected chi connectivity index (χ2v) is 10.9. The lowest BCUT2D eigenvalue weighted by atomic mass is 9.81. The maximum Gasteiger partial charge on any atom is 0.276 e. The first-order valence-corrected chi connectivity index (χ1v) is 12.8. The molecule has 0 unspecified atom stereocenters. The van der Waals surface area contributed by atoms with Gasteiger partial charge in [0.1, 0.15) is 5.69 Å². The van der Waals surface area contributed by atoms with Crippen molar-refractivity contribution in [1.29, 1.82) is 0 Å². The van der Waals surface area contributed by atoms with Crippen LogP contribution >= 0.6 is 0 Å². The minimum absolute atomic E-state index is 0.00902. The van der Waals surface area contributed by atoms with E-state index in [1.54, 1.807) is 23.8 Å². The summed E-state index contributed by atoms with van der Waals surface area (Å²) in [6.07, 6.45) is 5.73. The van der Waals surface area contributed by atoms with Gasteiger partial charge in [-0.25, -0.2) is 31.7 Å². The molecule has 0 radical (unpaired) electrons. The Morgan fingerprint density at radius 3 is 2.51 bits per heavy atom. The molecule has 3 aliphatic carbocycles. The first-order chi connectivity index (χ1) is 17.6. The molecule has 0 bridgehead atoms. The number of halogens is 4. The molecule has 198 valence electrons. The first-order valence-electron chi connectivity index (χ1n) is 12.8. The average molecular weight is 521 g/mol. The van der Waals surface area contributed by atoms with Gasteiger partial charge in [0.05, 0.1) is 24.1 Å². The molecule has 3 aromatic rings. The molecule has 3 aliphatic rings. The molecule has 1 amide bonds. The van der Waals surface area contributed by atoms with E-state index in [1.165, 1.54) is 0 Å². The summed E-state index contributed by atoms with van der Waals surface area (Å²) in [5.41, 5.74) is 2.26. The normalized spacial score (nSPS) is 24.6. The van der Waals surface area contributed by atoms with Crippen molar-refractivity contribution in [2.75, 3.05) is 0 Å². The smallest absolute Gasteiger partial charge is 0.276 e. The number of nitrogens with one attached hydrogen (secondary N) is 1. The van der Waals surface area contributed by atoms with Gasteiger partial charge in [0, 0.05) is 25.2 Å². The number of imidazole rings is 1. The van der Waals surface area contributed by atoms with Crippen LogP contribution in [0.4, 0.5) is 17.6 Å². The number of hydrogen-bond donors (Lipinski definition) is 1. The van der Waals surface area contributed by atoms with Crippen LogP contribution in [0, 0.1) is 24.7 Å². The van der Waals surface area contributed by atoms with Gasteiger partial charge in [0.15, 0.2) is 11.3 Å². The summed E-state index contributed by atoms with van der Waals surface area (Å²) in [6.45, 7) is 1.59. The zero-order chi connectivity index (χ0) is 25.9. The zero-order valence-corrected chi connectivity index (χ0v) is 20.3. The number of aromatic nitrogens is 5. The Kier molecular flexibility index (Phi) is 5.76. The summed E-state index contributed by atoms with van der Waals surface area (Å²) in [4.78, 5) is 17.7. The average Bonchev–Trinajstić information content (AvgIpc) is 3.67. The lowest BCUT2D eigenvalue weighted by molar-refractivity contribution is -0.0495. The molecule has 1 N–H and O–H groups in total. The van der Waals surface area contributed by atoms with Crippen LogP contribution in [0.3, 0.4) is 0 Å². The third-order valence-electron chi connectivity index (χ3n) is 8.18. The summed E-state index contributed by atoms with van der Waals surface area (Å²) < 4.78 is 61.3. The van der Waals surface area contributed by atoms with Crippen LogP contribution in [0.15, 0.2) is 23.1 Å². The second kappa shape index (κ2) is 8.76. The van der Waals surface area contributed by atoms with Gasteiger partial charge in [-0.3, -0.25) is 4.79 Å². The van der Waals surface area contributed by atoms with Crippen molar-refractivity contribution in [1.82, 2.24) is 30.2 Å². The Balaban J connectivity index is 1.28. The van der Waals surface area contributed by atoms with Gasteiger partial charge >= 0.3 is 0 Å². The monoisotopic (exact) mass is 520 g/mol. The number of alkyl halides is 4. The summed E-state index contributed by atoms with van der Waals surface area (Å²) >= 11 is 0. The minimum Gasteiger partial charge on any atom is -0.342 e. The van der Waals surface area contributed by atoms with Crippen molar-refractivity contribution in [2.24, 2.45) is 17.8 Å². The predicted octanol–water partition coefficient (Wildman–Crippen LogP) is 5.26. The number of hydrogen-bond acceptors (Lipinski definition) is 6. The molecule has 37 heavy (non-hydrogen) atoms. The Hall–Kier alpha value is -3.05. The van der Waals surface area contributed by atoms with Crippen molar-refractivity contribution in [2.45, 2.75) is 82.1 Å². The van der Waals surface area contributed by atoms with Crippen molar-refractivity contribution in [3.63, 3.8) is 0 Å². The van der Waals surface area contributed by atoms with E-state index in [4.69, 9.17) is 4.98 Å². The number of nitrogens with zero attached hydrogens (tertiary/aromatic N) is 5. The maximum atomic E-state index is 13.9. The molecule has 3 saturated carbocycles. The van der Waals surface area contributed by atoms with E-state index in [1.807, 2.05) is 6.07 Å².